The summed E-state index contributed by atoms with van der Waals surface area (Å²) in [5.74, 6) is 0. The van der Waals surface area contributed by atoms with E-state index in [1.807, 2.05) is 73.6 Å². The van der Waals surface area contributed by atoms with E-state index in [2.05, 4.69) is 227 Å². The van der Waals surface area contributed by atoms with Gasteiger partial charge in [0.25, 0.3) is 0 Å². The molecule has 66 heavy (non-hydrogen) atoms. The first-order valence-corrected chi connectivity index (χ1v) is 25.1. The van der Waals surface area contributed by atoms with E-state index in [1.54, 1.807) is 0 Å². The first-order chi connectivity index (χ1) is 32.6. The first kappa shape index (κ1) is 57.8. The van der Waals surface area contributed by atoms with Gasteiger partial charge in [-0.15, -0.1) is 0 Å². The van der Waals surface area contributed by atoms with Crippen LogP contribution in [-0.2, 0) is 12.8 Å². The van der Waals surface area contributed by atoms with Gasteiger partial charge in [0, 0.05) is 0 Å². The fraction of sp³-hybridized carbons (Fsp3) is 0.273. The molecule has 0 unspecified atom stereocenters. The lowest BCUT2D eigenvalue weighted by Gasteiger charge is -2.04. The second-order valence-electron chi connectivity index (χ2n) is 14.7. The van der Waals surface area contributed by atoms with Gasteiger partial charge in [0.2, 0.25) is 0 Å². The molecule has 0 saturated heterocycles. The standard InChI is InChI=1S/C18H22.C15H16.C13H12.C12H10.4C2H6/c1-2-3-4-6-9-16-12-14-18(15-13-16)17-10-7-5-8-11-17;1-2-6-13-9-11-15(12-10-13)14-7-4-3-5-8-14;1-11-7-9-13(10-8-11)12-5-3-2-4-6-12;1-3-7-11(8-4-1)12-9-5-2-6-10-12;4*1-2/h5,7-8,10-15H,2-4,6,9H2,1H3;3-5,7-12H,2,6H2,1H3;2-10H,1H3;1-10H;4*1-2H3. The Hall–Kier alpha value is -6.24. The van der Waals surface area contributed by atoms with Crippen LogP contribution in [0.2, 0.25) is 0 Å². The zero-order valence-electron chi connectivity index (χ0n) is 42.8. The summed E-state index contributed by atoms with van der Waals surface area (Å²) in [7, 11) is 0. The zero-order chi connectivity index (χ0) is 48.5. The van der Waals surface area contributed by atoms with Crippen LogP contribution >= 0.6 is 0 Å². The minimum atomic E-state index is 1.18. The molecule has 8 aromatic rings. The summed E-state index contributed by atoms with van der Waals surface area (Å²) in [6.45, 7) is 22.6. The number of unbranched alkanes of at least 4 members (excludes halogenated alkanes) is 3. The monoisotopic (exact) mass is 877 g/mol. The van der Waals surface area contributed by atoms with Crippen LogP contribution in [0.25, 0.3) is 44.5 Å². The molecule has 0 atom stereocenters. The van der Waals surface area contributed by atoms with Gasteiger partial charge in [0.15, 0.2) is 0 Å². The summed E-state index contributed by atoms with van der Waals surface area (Å²) in [6.07, 6.45) is 8.96. The maximum absolute atomic E-state index is 2.27. The van der Waals surface area contributed by atoms with E-state index in [9.17, 15) is 0 Å². The lowest BCUT2D eigenvalue weighted by molar-refractivity contribution is 0.667. The van der Waals surface area contributed by atoms with E-state index in [0.29, 0.717) is 0 Å². The number of hydrogen-bond acceptors (Lipinski definition) is 0. The summed E-state index contributed by atoms with van der Waals surface area (Å²) in [6, 6.07) is 78.8. The highest BCUT2D eigenvalue weighted by molar-refractivity contribution is 5.65. The highest BCUT2D eigenvalue weighted by Gasteiger charge is 1.99. The van der Waals surface area contributed by atoms with Gasteiger partial charge in [-0.05, 0) is 81.8 Å². The van der Waals surface area contributed by atoms with Crippen molar-refractivity contribution in [2.75, 3.05) is 0 Å². The van der Waals surface area contributed by atoms with E-state index in [1.165, 1.54) is 106 Å². The molecule has 0 amide bonds. The van der Waals surface area contributed by atoms with Crippen molar-refractivity contribution in [1.82, 2.24) is 0 Å². The Morgan fingerprint density at radius 1 is 0.227 bits per heavy atom. The van der Waals surface area contributed by atoms with Crippen LogP contribution in [-0.4, -0.2) is 0 Å². The normalized spacial score (nSPS) is 9.26. The SMILES string of the molecule is CC.CC.CC.CC.CCCCCCc1ccc(-c2ccccc2)cc1.CCCc1ccc(-c2ccccc2)cc1.Cc1ccc(-c2ccccc2)cc1.c1ccc(-c2ccccc2)cc1. The molecule has 0 N–H and O–H groups in total. The van der Waals surface area contributed by atoms with Gasteiger partial charge in [-0.3, -0.25) is 0 Å². The molecule has 8 aromatic carbocycles. The molecule has 0 radical (unpaired) electrons. The zero-order valence-corrected chi connectivity index (χ0v) is 42.8. The number of hydrogen-bond donors (Lipinski definition) is 0. The molecule has 0 nitrogen and oxygen atoms in total. The minimum absolute atomic E-state index is 1.18. The fourth-order valence-corrected chi connectivity index (χ4v) is 6.67. The third kappa shape index (κ3) is 23.6. The molecule has 0 aromatic heterocycles. The van der Waals surface area contributed by atoms with Gasteiger partial charge in [-0.1, -0.05) is 325 Å². The highest BCUT2D eigenvalue weighted by Crippen LogP contribution is 2.22. The van der Waals surface area contributed by atoms with Crippen LogP contribution in [0.4, 0.5) is 0 Å². The van der Waals surface area contributed by atoms with Crippen molar-refractivity contribution >= 4 is 0 Å². The predicted molar refractivity (Wildman–Crippen MR) is 299 cm³/mol. The second-order valence-corrected chi connectivity index (χ2v) is 14.7. The molecule has 0 aliphatic heterocycles. The third-order valence-electron chi connectivity index (χ3n) is 10.0. The average Bonchev–Trinajstić information content (AvgIpc) is 3.42. The largest absolute Gasteiger partial charge is 0.0683 e. The van der Waals surface area contributed by atoms with Crippen LogP contribution in [0.3, 0.4) is 0 Å². The van der Waals surface area contributed by atoms with Crippen LogP contribution in [0.15, 0.2) is 224 Å². The quantitative estimate of drug-likeness (QED) is 0.114. The predicted octanol–water partition coefficient (Wildman–Crippen LogP) is 20.9. The second kappa shape index (κ2) is 39.2. The Morgan fingerprint density at radius 2 is 0.470 bits per heavy atom. The molecule has 8 rings (SSSR count). The van der Waals surface area contributed by atoms with Gasteiger partial charge >= 0.3 is 0 Å². The van der Waals surface area contributed by atoms with Crippen molar-refractivity contribution in [2.24, 2.45) is 0 Å². The lowest BCUT2D eigenvalue weighted by Crippen LogP contribution is -1.86. The van der Waals surface area contributed by atoms with E-state index in [-0.39, 0.29) is 0 Å². The average molecular weight is 877 g/mol. The van der Waals surface area contributed by atoms with Crippen LogP contribution in [0.5, 0.6) is 0 Å². The van der Waals surface area contributed by atoms with E-state index >= 15 is 0 Å². The van der Waals surface area contributed by atoms with Gasteiger partial charge in [-0.25, -0.2) is 0 Å². The molecule has 0 aliphatic rings. The Labute approximate surface area is 404 Å². The third-order valence-corrected chi connectivity index (χ3v) is 10.0. The molecule has 0 heterocycles. The molecular formula is C66H84. The Kier molecular flexibility index (Phi) is 34.3. The molecule has 0 aliphatic carbocycles. The molecule has 348 valence electrons. The van der Waals surface area contributed by atoms with Gasteiger partial charge in [0.05, 0.1) is 0 Å². The molecule has 0 fully saturated rings. The van der Waals surface area contributed by atoms with Crippen molar-refractivity contribution in [3.8, 4) is 44.5 Å². The molecule has 0 saturated carbocycles. The molecular weight excluding hydrogens is 793 g/mol. The van der Waals surface area contributed by atoms with Crippen molar-refractivity contribution in [1.29, 1.82) is 0 Å². The fourth-order valence-electron chi connectivity index (χ4n) is 6.67. The summed E-state index contributed by atoms with van der Waals surface area (Å²) in [5.41, 5.74) is 14.5. The Morgan fingerprint density at radius 3 is 0.727 bits per heavy atom. The molecule has 0 bridgehead atoms. The number of benzene rings is 8. The first-order valence-electron chi connectivity index (χ1n) is 25.1. The van der Waals surface area contributed by atoms with Crippen LogP contribution < -0.4 is 0 Å². The summed E-state index contributed by atoms with van der Waals surface area (Å²) in [5, 5.41) is 0. The summed E-state index contributed by atoms with van der Waals surface area (Å²) in [4.78, 5) is 0. The van der Waals surface area contributed by atoms with Crippen molar-refractivity contribution in [3.63, 3.8) is 0 Å². The summed E-state index contributed by atoms with van der Waals surface area (Å²) < 4.78 is 0. The van der Waals surface area contributed by atoms with Crippen molar-refractivity contribution < 1.29 is 0 Å². The van der Waals surface area contributed by atoms with E-state index in [4.69, 9.17) is 0 Å². The smallest absolute Gasteiger partial charge is 0.0184 e. The minimum Gasteiger partial charge on any atom is -0.0683 e. The van der Waals surface area contributed by atoms with Crippen LogP contribution in [0.1, 0.15) is 118 Å². The maximum atomic E-state index is 2.27. The maximum Gasteiger partial charge on any atom is -0.0184 e. The Bertz CT molecular complexity index is 2170. The van der Waals surface area contributed by atoms with Crippen LogP contribution in [0, 0.1) is 6.92 Å². The number of rotatable bonds is 11. The molecule has 0 heteroatoms. The number of aryl methyl sites for hydroxylation is 3. The van der Waals surface area contributed by atoms with E-state index in [0.717, 1.165) is 0 Å². The highest BCUT2D eigenvalue weighted by atomic mass is 14.0. The van der Waals surface area contributed by atoms with Gasteiger partial charge in [0.1, 0.15) is 0 Å². The van der Waals surface area contributed by atoms with Crippen molar-refractivity contribution in [3.05, 3.63) is 241 Å². The lowest BCUT2D eigenvalue weighted by atomic mass is 10.0. The Balaban J connectivity index is 0.000000421. The topological polar surface area (TPSA) is 0 Å². The molecule has 0 spiro atoms. The van der Waals surface area contributed by atoms with E-state index < -0.39 is 0 Å². The van der Waals surface area contributed by atoms with Gasteiger partial charge < -0.3 is 0 Å². The van der Waals surface area contributed by atoms with Crippen molar-refractivity contribution in [2.45, 2.75) is 121 Å². The summed E-state index contributed by atoms with van der Waals surface area (Å²) >= 11 is 0. The van der Waals surface area contributed by atoms with Gasteiger partial charge in [-0.2, -0.15) is 0 Å².